The van der Waals surface area contributed by atoms with Crippen LogP contribution in [0.4, 0.5) is 0 Å². The van der Waals surface area contributed by atoms with Gasteiger partial charge in [0.15, 0.2) is 0 Å². The van der Waals surface area contributed by atoms with Crippen LogP contribution in [0, 0.1) is 12.8 Å². The van der Waals surface area contributed by atoms with Crippen LogP contribution in [0.1, 0.15) is 69.4 Å². The summed E-state index contributed by atoms with van der Waals surface area (Å²) in [7, 11) is 0. The molecule has 2 unspecified atom stereocenters. The molecule has 3 saturated heterocycles. The Morgan fingerprint density at radius 1 is 1.11 bits per heavy atom. The fraction of sp³-hybridized carbons (Fsp3) is 0.679. The molecule has 0 aromatic heterocycles. The minimum Gasteiger partial charge on any atom is -0.466 e. The van der Waals surface area contributed by atoms with Gasteiger partial charge >= 0.3 is 5.97 Å². The molecule has 1 N–H and O–H groups in total. The summed E-state index contributed by atoms with van der Waals surface area (Å²) >= 11 is 0. The third kappa shape index (κ3) is 6.63. The Labute approximate surface area is 209 Å². The number of carbonyl (C=O) groups is 3. The number of aryl methyl sites for hydroxylation is 1. The highest BCUT2D eigenvalue weighted by Gasteiger charge is 2.39. The van der Waals surface area contributed by atoms with Crippen molar-refractivity contribution in [1.29, 1.82) is 0 Å². The van der Waals surface area contributed by atoms with E-state index in [0.717, 1.165) is 64.7 Å². The predicted molar refractivity (Wildman–Crippen MR) is 135 cm³/mol. The molecular formula is C28H41N3O4. The molecule has 3 heterocycles. The number of esters is 1. The summed E-state index contributed by atoms with van der Waals surface area (Å²) in [5.41, 5.74) is 2.10. The monoisotopic (exact) mass is 483 g/mol. The second-order valence-electron chi connectivity index (χ2n) is 10.7. The number of hydrogen-bond donors (Lipinski definition) is 1. The third-order valence-electron chi connectivity index (χ3n) is 8.12. The van der Waals surface area contributed by atoms with Gasteiger partial charge in [-0.1, -0.05) is 29.8 Å². The number of rotatable bonds is 8. The molecule has 4 rings (SSSR count). The van der Waals surface area contributed by atoms with Crippen LogP contribution in [0.15, 0.2) is 24.3 Å². The molecule has 0 aliphatic carbocycles. The lowest BCUT2D eigenvalue weighted by molar-refractivity contribution is -0.150. The molecule has 7 nitrogen and oxygen atoms in total. The smallest absolute Gasteiger partial charge is 0.310 e. The fourth-order valence-electron chi connectivity index (χ4n) is 6.05. The molecule has 0 spiro atoms. The number of amides is 2. The van der Waals surface area contributed by atoms with Gasteiger partial charge in [0.1, 0.15) is 0 Å². The predicted octanol–water partition coefficient (Wildman–Crippen LogP) is 3.23. The van der Waals surface area contributed by atoms with Crippen molar-refractivity contribution in [2.24, 2.45) is 5.92 Å². The van der Waals surface area contributed by atoms with E-state index in [-0.39, 0.29) is 29.2 Å². The number of likely N-dealkylation sites (tertiary alicyclic amines) is 2. The molecule has 35 heavy (non-hydrogen) atoms. The van der Waals surface area contributed by atoms with Gasteiger partial charge in [-0.15, -0.1) is 0 Å². The molecule has 7 heteroatoms. The number of carbonyl (C=O) groups excluding carboxylic acids is 3. The zero-order chi connectivity index (χ0) is 24.8. The molecule has 0 bridgehead atoms. The van der Waals surface area contributed by atoms with Gasteiger partial charge in [-0.05, 0) is 70.9 Å². The van der Waals surface area contributed by atoms with Crippen molar-refractivity contribution in [3.8, 4) is 0 Å². The number of nitrogens with zero attached hydrogens (tertiary/aromatic N) is 2. The second-order valence-corrected chi connectivity index (χ2v) is 10.7. The van der Waals surface area contributed by atoms with E-state index in [1.54, 1.807) is 0 Å². The summed E-state index contributed by atoms with van der Waals surface area (Å²) in [6.07, 6.45) is 7.07. The van der Waals surface area contributed by atoms with Gasteiger partial charge in [-0.25, -0.2) is 0 Å². The van der Waals surface area contributed by atoms with Gasteiger partial charge in [0, 0.05) is 44.1 Å². The van der Waals surface area contributed by atoms with E-state index >= 15 is 0 Å². The maximum atomic E-state index is 13.1. The maximum absolute atomic E-state index is 13.1. The van der Waals surface area contributed by atoms with E-state index in [1.165, 1.54) is 11.1 Å². The Kier molecular flexibility index (Phi) is 8.47. The van der Waals surface area contributed by atoms with Crippen LogP contribution in [-0.2, 0) is 25.5 Å². The van der Waals surface area contributed by atoms with Gasteiger partial charge in [0.05, 0.1) is 12.5 Å². The molecule has 3 aliphatic rings. The number of nitrogens with one attached hydrogen (secondary N) is 1. The molecule has 2 atom stereocenters. The minimum absolute atomic E-state index is 0.0188. The summed E-state index contributed by atoms with van der Waals surface area (Å²) in [5.74, 6) is 0.196. The summed E-state index contributed by atoms with van der Waals surface area (Å²) in [4.78, 5) is 41.8. The SMILES string of the molecule is CCOC(=O)C1CCCN(C2CCN(C(=O)CCC3(Cc4ccc(C)cc4)CCC(=O)N3)CC2)C1. The molecule has 2 amide bonds. The number of ether oxygens (including phenoxy) is 1. The van der Waals surface area contributed by atoms with Crippen LogP contribution in [0.2, 0.25) is 0 Å². The largest absolute Gasteiger partial charge is 0.466 e. The Morgan fingerprint density at radius 3 is 2.51 bits per heavy atom. The van der Waals surface area contributed by atoms with Crippen molar-refractivity contribution in [3.63, 3.8) is 0 Å². The zero-order valence-electron chi connectivity index (χ0n) is 21.4. The number of piperidine rings is 2. The Balaban J connectivity index is 1.27. The van der Waals surface area contributed by atoms with Gasteiger partial charge in [0.2, 0.25) is 11.8 Å². The Bertz CT molecular complexity index is 894. The zero-order valence-corrected chi connectivity index (χ0v) is 21.4. The number of benzene rings is 1. The molecule has 3 fully saturated rings. The van der Waals surface area contributed by atoms with Crippen LogP contribution in [0.3, 0.4) is 0 Å². The first-order valence-electron chi connectivity index (χ1n) is 13.4. The average molecular weight is 484 g/mol. The van der Waals surface area contributed by atoms with Crippen LogP contribution >= 0.6 is 0 Å². The van der Waals surface area contributed by atoms with Crippen LogP contribution in [0.5, 0.6) is 0 Å². The first-order valence-corrected chi connectivity index (χ1v) is 13.4. The topological polar surface area (TPSA) is 79.0 Å². The van der Waals surface area contributed by atoms with Gasteiger partial charge in [-0.3, -0.25) is 19.3 Å². The van der Waals surface area contributed by atoms with E-state index in [2.05, 4.69) is 41.4 Å². The van der Waals surface area contributed by atoms with Gasteiger partial charge in [0.25, 0.3) is 0 Å². The van der Waals surface area contributed by atoms with Gasteiger partial charge < -0.3 is 15.0 Å². The molecule has 0 saturated carbocycles. The van der Waals surface area contributed by atoms with E-state index in [1.807, 2.05) is 11.8 Å². The average Bonchev–Trinajstić information content (AvgIpc) is 3.24. The van der Waals surface area contributed by atoms with Crippen molar-refractivity contribution in [3.05, 3.63) is 35.4 Å². The standard InChI is InChI=1S/C28H41N3O4/c1-3-35-27(34)23-5-4-16-31(20-23)24-12-17-30(18-13-24)26(33)11-15-28(14-10-25(32)29-28)19-22-8-6-21(2)7-9-22/h6-9,23-24H,3-5,10-20H2,1-2H3,(H,29,32). The third-order valence-corrected chi connectivity index (χ3v) is 8.12. The quantitative estimate of drug-likeness (QED) is 0.575. The fourth-order valence-corrected chi connectivity index (χ4v) is 6.05. The van der Waals surface area contributed by atoms with E-state index in [0.29, 0.717) is 31.9 Å². The highest BCUT2D eigenvalue weighted by Crippen LogP contribution is 2.31. The normalized spacial score (nSPS) is 25.9. The first-order chi connectivity index (χ1) is 16.9. The van der Waals surface area contributed by atoms with Crippen LogP contribution in [0.25, 0.3) is 0 Å². The summed E-state index contributed by atoms with van der Waals surface area (Å²) < 4.78 is 5.25. The van der Waals surface area contributed by atoms with E-state index in [4.69, 9.17) is 4.74 Å². The lowest BCUT2D eigenvalue weighted by atomic mass is 9.84. The molecular weight excluding hydrogens is 442 g/mol. The summed E-state index contributed by atoms with van der Waals surface area (Å²) in [6, 6.07) is 8.89. The highest BCUT2D eigenvalue weighted by molar-refractivity contribution is 5.80. The van der Waals surface area contributed by atoms with Crippen molar-refractivity contribution in [1.82, 2.24) is 15.1 Å². The molecule has 1 aromatic carbocycles. The van der Waals surface area contributed by atoms with Crippen molar-refractivity contribution >= 4 is 17.8 Å². The lowest BCUT2D eigenvalue weighted by Crippen LogP contribution is -2.51. The second kappa shape index (κ2) is 11.5. The van der Waals surface area contributed by atoms with Crippen LogP contribution in [-0.4, -0.2) is 72.0 Å². The summed E-state index contributed by atoms with van der Waals surface area (Å²) in [6.45, 7) is 7.70. The summed E-state index contributed by atoms with van der Waals surface area (Å²) in [5, 5.41) is 3.21. The van der Waals surface area contributed by atoms with Gasteiger partial charge in [-0.2, -0.15) is 0 Å². The Morgan fingerprint density at radius 2 is 1.86 bits per heavy atom. The first kappa shape index (κ1) is 25.7. The molecule has 1 aromatic rings. The van der Waals surface area contributed by atoms with Crippen molar-refractivity contribution < 1.29 is 19.1 Å². The van der Waals surface area contributed by atoms with Crippen LogP contribution < -0.4 is 5.32 Å². The minimum atomic E-state index is -0.323. The number of hydrogen-bond acceptors (Lipinski definition) is 5. The molecule has 0 radical (unpaired) electrons. The maximum Gasteiger partial charge on any atom is 0.310 e. The van der Waals surface area contributed by atoms with E-state index in [9.17, 15) is 14.4 Å². The van der Waals surface area contributed by atoms with Crippen molar-refractivity contribution in [2.75, 3.05) is 32.8 Å². The Hall–Kier alpha value is -2.41. The molecule has 3 aliphatic heterocycles. The molecule has 192 valence electrons. The lowest BCUT2D eigenvalue weighted by Gasteiger charge is -2.42. The van der Waals surface area contributed by atoms with E-state index < -0.39 is 0 Å². The highest BCUT2D eigenvalue weighted by atomic mass is 16.5. The van der Waals surface area contributed by atoms with Crippen molar-refractivity contribution in [2.45, 2.75) is 83.2 Å².